The lowest BCUT2D eigenvalue weighted by Gasteiger charge is -2.07. The SMILES string of the molecule is CC1COC(=O)/C1=N\N(C)C(N)=O. The van der Waals surface area contributed by atoms with Gasteiger partial charge in [0.15, 0.2) is 5.71 Å². The van der Waals surface area contributed by atoms with Gasteiger partial charge in [-0.25, -0.2) is 14.6 Å². The molecule has 2 N–H and O–H groups in total. The first-order valence-electron chi connectivity index (χ1n) is 3.81. The summed E-state index contributed by atoms with van der Waals surface area (Å²) < 4.78 is 4.71. The number of carbonyl (C=O) groups excluding carboxylic acids is 2. The van der Waals surface area contributed by atoms with Crippen LogP contribution in [0.4, 0.5) is 4.79 Å². The topological polar surface area (TPSA) is 85.0 Å². The van der Waals surface area contributed by atoms with Gasteiger partial charge in [0, 0.05) is 13.0 Å². The van der Waals surface area contributed by atoms with Gasteiger partial charge in [-0.2, -0.15) is 5.10 Å². The summed E-state index contributed by atoms with van der Waals surface area (Å²) in [5.41, 5.74) is 5.17. The summed E-state index contributed by atoms with van der Waals surface area (Å²) in [4.78, 5) is 21.6. The molecule has 1 aliphatic heterocycles. The number of rotatable bonds is 1. The van der Waals surface area contributed by atoms with Gasteiger partial charge in [0.25, 0.3) is 0 Å². The van der Waals surface area contributed by atoms with Gasteiger partial charge in [0.2, 0.25) is 0 Å². The van der Waals surface area contributed by atoms with Crippen molar-refractivity contribution in [1.29, 1.82) is 0 Å². The molecule has 72 valence electrons. The zero-order chi connectivity index (χ0) is 10.0. The van der Waals surface area contributed by atoms with Crippen molar-refractivity contribution in [3.05, 3.63) is 0 Å². The molecule has 1 fully saturated rings. The van der Waals surface area contributed by atoms with E-state index in [1.807, 2.05) is 0 Å². The normalized spacial score (nSPS) is 24.6. The van der Waals surface area contributed by atoms with Crippen molar-refractivity contribution < 1.29 is 14.3 Å². The Kier molecular flexibility index (Phi) is 2.50. The van der Waals surface area contributed by atoms with Gasteiger partial charge in [-0.05, 0) is 0 Å². The lowest BCUT2D eigenvalue weighted by Crippen LogP contribution is -2.30. The fraction of sp³-hybridized carbons (Fsp3) is 0.571. The summed E-state index contributed by atoms with van der Waals surface area (Å²) in [7, 11) is 1.38. The minimum Gasteiger partial charge on any atom is -0.460 e. The Morgan fingerprint density at radius 1 is 1.77 bits per heavy atom. The van der Waals surface area contributed by atoms with E-state index in [1.54, 1.807) is 6.92 Å². The molecule has 6 heteroatoms. The first-order chi connectivity index (χ1) is 6.02. The summed E-state index contributed by atoms with van der Waals surface area (Å²) in [6, 6.07) is -0.709. The molecule has 0 aromatic heterocycles. The molecule has 1 heterocycles. The molecule has 0 saturated carbocycles. The first-order valence-corrected chi connectivity index (χ1v) is 3.81. The Balaban J connectivity index is 2.80. The highest BCUT2D eigenvalue weighted by Gasteiger charge is 2.29. The maximum absolute atomic E-state index is 11.0. The van der Waals surface area contributed by atoms with E-state index in [9.17, 15) is 9.59 Å². The minimum atomic E-state index is -0.709. The van der Waals surface area contributed by atoms with E-state index in [-0.39, 0.29) is 11.6 Å². The molecule has 2 amide bonds. The number of ether oxygens (including phenoxy) is 1. The Morgan fingerprint density at radius 3 is 2.77 bits per heavy atom. The van der Waals surface area contributed by atoms with Crippen molar-refractivity contribution in [3.63, 3.8) is 0 Å². The standard InChI is InChI=1S/C7H11N3O3/c1-4-3-13-6(11)5(4)9-10(2)7(8)12/h4H,3H2,1-2H3,(H2,8,12)/b9-5-. The van der Waals surface area contributed by atoms with Crippen LogP contribution >= 0.6 is 0 Å². The summed E-state index contributed by atoms with van der Waals surface area (Å²) in [5.74, 6) is -0.574. The zero-order valence-corrected chi connectivity index (χ0v) is 7.48. The molecule has 6 nitrogen and oxygen atoms in total. The highest BCUT2D eigenvalue weighted by molar-refractivity contribution is 6.38. The Bertz CT molecular complexity index is 274. The molecule has 0 spiro atoms. The Hall–Kier alpha value is -1.59. The van der Waals surface area contributed by atoms with Crippen LogP contribution in [0.5, 0.6) is 0 Å². The third-order valence-corrected chi connectivity index (χ3v) is 1.72. The smallest absolute Gasteiger partial charge is 0.354 e. The van der Waals surface area contributed by atoms with Gasteiger partial charge in [-0.1, -0.05) is 6.92 Å². The molecule has 0 aromatic carbocycles. The molecule has 1 aliphatic rings. The highest BCUT2D eigenvalue weighted by atomic mass is 16.5. The Labute approximate surface area is 75.3 Å². The number of primary amides is 1. The van der Waals surface area contributed by atoms with Gasteiger partial charge < -0.3 is 10.5 Å². The molecule has 0 aromatic rings. The number of esters is 1. The van der Waals surface area contributed by atoms with Crippen molar-refractivity contribution in [3.8, 4) is 0 Å². The molecule has 1 rings (SSSR count). The van der Waals surface area contributed by atoms with E-state index in [4.69, 9.17) is 10.5 Å². The van der Waals surface area contributed by atoms with Crippen LogP contribution in [0.2, 0.25) is 0 Å². The van der Waals surface area contributed by atoms with E-state index in [0.717, 1.165) is 5.01 Å². The van der Waals surface area contributed by atoms with Gasteiger partial charge in [0.1, 0.15) is 6.61 Å². The lowest BCUT2D eigenvalue weighted by atomic mass is 10.1. The summed E-state index contributed by atoms with van der Waals surface area (Å²) in [5, 5.41) is 4.65. The number of hydrogen-bond donors (Lipinski definition) is 1. The van der Waals surface area contributed by atoms with Crippen molar-refractivity contribution in [1.82, 2.24) is 5.01 Å². The highest BCUT2D eigenvalue weighted by Crippen LogP contribution is 2.11. The molecular formula is C7H11N3O3. The van der Waals surface area contributed by atoms with Crippen LogP contribution in [0.3, 0.4) is 0 Å². The fourth-order valence-electron chi connectivity index (χ4n) is 0.905. The second-order valence-electron chi connectivity index (χ2n) is 2.85. The van der Waals surface area contributed by atoms with Crippen molar-refractivity contribution in [2.24, 2.45) is 16.8 Å². The molecule has 0 aliphatic carbocycles. The molecular weight excluding hydrogens is 174 g/mol. The largest absolute Gasteiger partial charge is 0.460 e. The average molecular weight is 185 g/mol. The molecule has 1 atom stereocenters. The minimum absolute atomic E-state index is 0.0886. The van der Waals surface area contributed by atoms with Crippen LogP contribution < -0.4 is 5.73 Å². The third kappa shape index (κ3) is 1.95. The van der Waals surface area contributed by atoms with Crippen LogP contribution in [0, 0.1) is 5.92 Å². The van der Waals surface area contributed by atoms with Gasteiger partial charge in [0.05, 0.1) is 0 Å². The van der Waals surface area contributed by atoms with Crippen LogP contribution in [0.1, 0.15) is 6.92 Å². The lowest BCUT2D eigenvalue weighted by molar-refractivity contribution is -0.133. The maximum Gasteiger partial charge on any atom is 0.354 e. The number of urea groups is 1. The van der Waals surface area contributed by atoms with E-state index >= 15 is 0 Å². The monoisotopic (exact) mass is 185 g/mol. The van der Waals surface area contributed by atoms with Crippen LogP contribution in [-0.4, -0.2) is 36.4 Å². The zero-order valence-electron chi connectivity index (χ0n) is 7.48. The maximum atomic E-state index is 11.0. The number of amides is 2. The van der Waals surface area contributed by atoms with Gasteiger partial charge >= 0.3 is 12.0 Å². The van der Waals surface area contributed by atoms with E-state index in [2.05, 4.69) is 5.10 Å². The molecule has 0 radical (unpaired) electrons. The molecule has 0 bridgehead atoms. The van der Waals surface area contributed by atoms with Gasteiger partial charge in [-0.3, -0.25) is 0 Å². The number of cyclic esters (lactones) is 1. The van der Waals surface area contributed by atoms with Crippen molar-refractivity contribution in [2.45, 2.75) is 6.92 Å². The number of carbonyl (C=O) groups is 2. The average Bonchev–Trinajstić information content (AvgIpc) is 2.35. The van der Waals surface area contributed by atoms with Crippen LogP contribution in [0.15, 0.2) is 5.10 Å². The van der Waals surface area contributed by atoms with E-state index in [0.29, 0.717) is 6.61 Å². The summed E-state index contributed by atoms with van der Waals surface area (Å²) >= 11 is 0. The van der Waals surface area contributed by atoms with E-state index < -0.39 is 12.0 Å². The van der Waals surface area contributed by atoms with Crippen LogP contribution in [-0.2, 0) is 9.53 Å². The summed E-state index contributed by atoms with van der Waals surface area (Å²) in [6.07, 6.45) is 0. The molecule has 13 heavy (non-hydrogen) atoms. The Morgan fingerprint density at radius 2 is 2.38 bits per heavy atom. The van der Waals surface area contributed by atoms with Crippen molar-refractivity contribution in [2.75, 3.05) is 13.7 Å². The fourth-order valence-corrected chi connectivity index (χ4v) is 0.905. The third-order valence-electron chi connectivity index (χ3n) is 1.72. The quantitative estimate of drug-likeness (QED) is 0.443. The molecule has 1 saturated heterocycles. The number of nitrogens with zero attached hydrogens (tertiary/aromatic N) is 2. The van der Waals surface area contributed by atoms with E-state index in [1.165, 1.54) is 7.05 Å². The number of hydrazone groups is 1. The summed E-state index contributed by atoms with van der Waals surface area (Å²) in [6.45, 7) is 2.10. The second kappa shape index (κ2) is 3.42. The molecule has 1 unspecified atom stereocenters. The van der Waals surface area contributed by atoms with Gasteiger partial charge in [-0.15, -0.1) is 0 Å². The number of hydrogen-bond acceptors (Lipinski definition) is 4. The second-order valence-corrected chi connectivity index (χ2v) is 2.85. The predicted molar refractivity (Wildman–Crippen MR) is 44.9 cm³/mol. The van der Waals surface area contributed by atoms with Crippen molar-refractivity contribution >= 4 is 17.7 Å². The predicted octanol–water partition coefficient (Wildman–Crippen LogP) is -0.454. The van der Waals surface area contributed by atoms with Crippen LogP contribution in [0.25, 0.3) is 0 Å². The number of nitrogens with two attached hydrogens (primary N) is 1. The first kappa shape index (κ1) is 9.50.